The van der Waals surface area contributed by atoms with Crippen LogP contribution in [0.3, 0.4) is 0 Å². The minimum Gasteiger partial charge on any atom is -0.397 e. The first-order chi connectivity index (χ1) is 6.59. The van der Waals surface area contributed by atoms with Crippen LogP contribution >= 0.6 is 0 Å². The lowest BCUT2D eigenvalue weighted by Gasteiger charge is -2.01. The summed E-state index contributed by atoms with van der Waals surface area (Å²) in [7, 11) is 0. The number of aliphatic imine (C=N–C) groups is 1. The molecule has 1 rings (SSSR count). The van der Waals surface area contributed by atoms with Crippen molar-refractivity contribution in [1.29, 1.82) is 5.41 Å². The number of benzene rings is 1. The molecule has 0 saturated heterocycles. The van der Waals surface area contributed by atoms with Gasteiger partial charge in [0, 0.05) is 5.71 Å². The van der Waals surface area contributed by atoms with Crippen LogP contribution in [-0.2, 0) is 0 Å². The first-order valence-electron chi connectivity index (χ1n) is 4.33. The molecule has 0 aliphatic rings. The normalized spacial score (nSPS) is 8.50. The Labute approximate surface area is 85.2 Å². The maximum Gasteiger partial charge on any atom is 0.0858 e. The highest BCUT2D eigenvalue weighted by Crippen LogP contribution is 2.22. The Kier molecular flexibility index (Phi) is 5.22. The van der Waals surface area contributed by atoms with Gasteiger partial charge < -0.3 is 11.1 Å². The zero-order chi connectivity index (χ0) is 11.1. The number of nitrogens with zero attached hydrogens (tertiary/aromatic N) is 1. The summed E-state index contributed by atoms with van der Waals surface area (Å²) in [5.74, 6) is 0. The molecule has 0 amide bonds. The Balaban J connectivity index is 0.000000791. The van der Waals surface area contributed by atoms with Crippen molar-refractivity contribution < 1.29 is 0 Å². The third-order valence-corrected chi connectivity index (χ3v) is 1.53. The van der Waals surface area contributed by atoms with E-state index in [1.54, 1.807) is 0 Å². The Morgan fingerprint density at radius 1 is 1.36 bits per heavy atom. The zero-order valence-corrected chi connectivity index (χ0v) is 8.96. The second-order valence-electron chi connectivity index (χ2n) is 3.12. The van der Waals surface area contributed by atoms with Gasteiger partial charge in [-0.25, -0.2) is 0 Å². The van der Waals surface area contributed by atoms with Gasteiger partial charge in [-0.3, -0.25) is 4.99 Å². The predicted octanol–water partition coefficient (Wildman–Crippen LogP) is 2.96. The third-order valence-electron chi connectivity index (χ3n) is 1.53. The summed E-state index contributed by atoms with van der Waals surface area (Å²) in [5.41, 5.74) is 9.56. The lowest BCUT2D eigenvalue weighted by molar-refractivity contribution is 1.42. The third kappa shape index (κ3) is 3.85. The maximum absolute atomic E-state index is 5.76. The zero-order valence-electron chi connectivity index (χ0n) is 8.96. The van der Waals surface area contributed by atoms with E-state index < -0.39 is 0 Å². The molecule has 0 atom stereocenters. The van der Waals surface area contributed by atoms with Crippen molar-refractivity contribution in [2.24, 2.45) is 4.99 Å². The van der Waals surface area contributed by atoms with E-state index in [-0.39, 0.29) is 0 Å². The second-order valence-corrected chi connectivity index (χ2v) is 3.12. The van der Waals surface area contributed by atoms with E-state index >= 15 is 0 Å². The first kappa shape index (κ1) is 12.4. The summed E-state index contributed by atoms with van der Waals surface area (Å²) in [6, 6.07) is 5.89. The van der Waals surface area contributed by atoms with E-state index in [1.165, 1.54) is 5.56 Å². The number of hydrogen-bond donors (Lipinski definition) is 2. The summed E-state index contributed by atoms with van der Waals surface area (Å²) in [5, 5.41) is 5.50. The molecule has 0 aliphatic carbocycles. The van der Waals surface area contributed by atoms with Crippen molar-refractivity contribution in [2.45, 2.75) is 20.8 Å². The molecule has 0 fully saturated rings. The number of nitrogens with one attached hydrogen (secondary N) is 1. The van der Waals surface area contributed by atoms with Crippen LogP contribution in [0.25, 0.3) is 0 Å². The highest BCUT2D eigenvalue weighted by molar-refractivity contribution is 5.84. The molecule has 0 heterocycles. The van der Waals surface area contributed by atoms with Crippen molar-refractivity contribution in [1.82, 2.24) is 0 Å². The molecule has 76 valence electrons. The number of rotatable bonds is 1. The maximum atomic E-state index is 5.76. The van der Waals surface area contributed by atoms with Gasteiger partial charge in [0.25, 0.3) is 0 Å². The first-order valence-corrected chi connectivity index (χ1v) is 4.33. The molecular weight excluding hydrogens is 174 g/mol. The predicted molar refractivity (Wildman–Crippen MR) is 63.9 cm³/mol. The molecule has 0 spiro atoms. The van der Waals surface area contributed by atoms with Crippen LogP contribution in [-0.4, -0.2) is 12.4 Å². The molecule has 14 heavy (non-hydrogen) atoms. The van der Waals surface area contributed by atoms with Crippen LogP contribution in [0, 0.1) is 12.3 Å². The molecule has 3 nitrogen and oxygen atoms in total. The Morgan fingerprint density at radius 3 is 2.36 bits per heavy atom. The molecule has 0 radical (unpaired) electrons. The average Bonchev–Trinajstić information content (AvgIpc) is 2.13. The van der Waals surface area contributed by atoms with E-state index in [9.17, 15) is 0 Å². The van der Waals surface area contributed by atoms with Gasteiger partial charge in [-0.2, -0.15) is 0 Å². The molecule has 3 heteroatoms. The fourth-order valence-corrected chi connectivity index (χ4v) is 1.02. The molecule has 3 N–H and O–H groups in total. The topological polar surface area (TPSA) is 62.2 Å². The minimum atomic E-state index is 0.746. The molecule has 0 unspecified atom stereocenters. The van der Waals surface area contributed by atoms with Gasteiger partial charge in [-0.1, -0.05) is 6.07 Å². The lowest BCUT2D eigenvalue weighted by Crippen LogP contribution is -1.88. The monoisotopic (exact) mass is 191 g/mol. The Morgan fingerprint density at radius 2 is 1.93 bits per heavy atom. The summed E-state index contributed by atoms with van der Waals surface area (Å²) in [4.78, 5) is 4.29. The standard InChI is InChI=1S/C10H14N2.CH3N/c1-7(2)12-10-5-4-8(3)6-9(10)11;1-2/h4-6H,11H2,1-3H3;2H,1H2. The van der Waals surface area contributed by atoms with Gasteiger partial charge in [0.2, 0.25) is 0 Å². The van der Waals surface area contributed by atoms with Crippen LogP contribution in [0.15, 0.2) is 23.2 Å². The summed E-state index contributed by atoms with van der Waals surface area (Å²) in [6.07, 6.45) is 0. The molecule has 0 bridgehead atoms. The van der Waals surface area contributed by atoms with Gasteiger partial charge in [0.15, 0.2) is 0 Å². The van der Waals surface area contributed by atoms with E-state index in [2.05, 4.69) is 11.7 Å². The van der Waals surface area contributed by atoms with Gasteiger partial charge in [-0.15, -0.1) is 0 Å². The number of aryl methyl sites for hydroxylation is 1. The van der Waals surface area contributed by atoms with E-state index in [0.717, 1.165) is 17.1 Å². The van der Waals surface area contributed by atoms with E-state index in [1.807, 2.05) is 39.0 Å². The van der Waals surface area contributed by atoms with Crippen molar-refractivity contribution >= 4 is 23.8 Å². The molecule has 1 aromatic rings. The van der Waals surface area contributed by atoms with Gasteiger partial charge in [-0.05, 0) is 45.2 Å². The van der Waals surface area contributed by atoms with Crippen molar-refractivity contribution in [3.05, 3.63) is 23.8 Å². The summed E-state index contributed by atoms with van der Waals surface area (Å²) in [6.45, 7) is 8.43. The minimum absolute atomic E-state index is 0.746. The summed E-state index contributed by atoms with van der Waals surface area (Å²) < 4.78 is 0. The fraction of sp³-hybridized carbons (Fsp3) is 0.273. The molecular formula is C11H17N3. The van der Waals surface area contributed by atoms with Crippen molar-refractivity contribution in [3.8, 4) is 0 Å². The van der Waals surface area contributed by atoms with Gasteiger partial charge >= 0.3 is 0 Å². The fourth-order valence-electron chi connectivity index (χ4n) is 1.02. The second kappa shape index (κ2) is 5.91. The molecule has 1 aromatic carbocycles. The lowest BCUT2D eigenvalue weighted by atomic mass is 10.2. The Hall–Kier alpha value is -1.64. The average molecular weight is 191 g/mol. The van der Waals surface area contributed by atoms with E-state index in [4.69, 9.17) is 11.1 Å². The van der Waals surface area contributed by atoms with Gasteiger partial charge in [0.1, 0.15) is 0 Å². The highest BCUT2D eigenvalue weighted by Gasteiger charge is 1.95. The van der Waals surface area contributed by atoms with Crippen molar-refractivity contribution in [3.63, 3.8) is 0 Å². The van der Waals surface area contributed by atoms with Crippen LogP contribution in [0.4, 0.5) is 11.4 Å². The largest absolute Gasteiger partial charge is 0.397 e. The number of nitrogen functional groups attached to an aromatic ring is 1. The molecule has 0 aromatic heterocycles. The Bertz CT molecular complexity index is 325. The molecule has 0 aliphatic heterocycles. The SMILES string of the molecule is C=N.CC(C)=Nc1ccc(C)cc1N. The van der Waals surface area contributed by atoms with Crippen molar-refractivity contribution in [2.75, 3.05) is 5.73 Å². The smallest absolute Gasteiger partial charge is 0.0858 e. The summed E-state index contributed by atoms with van der Waals surface area (Å²) >= 11 is 0. The number of hydrogen-bond acceptors (Lipinski definition) is 3. The number of anilines is 1. The number of nitrogens with two attached hydrogens (primary N) is 1. The van der Waals surface area contributed by atoms with Crippen LogP contribution in [0.1, 0.15) is 19.4 Å². The van der Waals surface area contributed by atoms with Crippen LogP contribution in [0.5, 0.6) is 0 Å². The van der Waals surface area contributed by atoms with Gasteiger partial charge in [0.05, 0.1) is 11.4 Å². The van der Waals surface area contributed by atoms with E-state index in [0.29, 0.717) is 0 Å². The highest BCUT2D eigenvalue weighted by atomic mass is 14.8. The van der Waals surface area contributed by atoms with Crippen LogP contribution < -0.4 is 5.73 Å². The van der Waals surface area contributed by atoms with Crippen LogP contribution in [0.2, 0.25) is 0 Å². The quantitative estimate of drug-likeness (QED) is 0.520. The molecule has 0 saturated carbocycles.